The van der Waals surface area contributed by atoms with Crippen LogP contribution in [0.25, 0.3) is 0 Å². The quantitative estimate of drug-likeness (QED) is 0.552. The van der Waals surface area contributed by atoms with E-state index in [2.05, 4.69) is 13.8 Å². The number of hydrogen-bond donors (Lipinski definition) is 0. The van der Waals surface area contributed by atoms with Gasteiger partial charge in [0, 0.05) is 0 Å². The third-order valence-corrected chi connectivity index (χ3v) is 1.63. The van der Waals surface area contributed by atoms with E-state index >= 15 is 0 Å². The van der Waals surface area contributed by atoms with Gasteiger partial charge < -0.3 is 0 Å². The highest BCUT2D eigenvalue weighted by Crippen LogP contribution is 2.16. The van der Waals surface area contributed by atoms with Crippen molar-refractivity contribution in [3.8, 4) is 0 Å². The summed E-state index contributed by atoms with van der Waals surface area (Å²) in [5.41, 5.74) is 0. The van der Waals surface area contributed by atoms with Crippen molar-refractivity contribution in [3.63, 3.8) is 0 Å². The van der Waals surface area contributed by atoms with E-state index in [0.717, 1.165) is 6.42 Å². The molecule has 0 aromatic rings. The molecule has 0 spiro atoms. The number of hydrogen-bond acceptors (Lipinski definition) is 0. The van der Waals surface area contributed by atoms with Crippen molar-refractivity contribution >= 4 is 0 Å². The molecule has 0 aliphatic heterocycles. The van der Waals surface area contributed by atoms with Crippen molar-refractivity contribution in [2.24, 2.45) is 11.8 Å². The van der Waals surface area contributed by atoms with Gasteiger partial charge in [-0.15, -0.1) is 0 Å². The molecule has 0 saturated carbocycles. The first kappa shape index (κ1) is 8.93. The van der Waals surface area contributed by atoms with Gasteiger partial charge in [-0.2, -0.15) is 0 Å². The van der Waals surface area contributed by atoms with E-state index < -0.39 is 6.17 Å². The molecule has 0 aromatic heterocycles. The molecule has 0 aliphatic rings. The minimum atomic E-state index is -0.646. The molecule has 0 heterocycles. The predicted molar refractivity (Wildman–Crippen MR) is 39.2 cm³/mol. The van der Waals surface area contributed by atoms with Crippen molar-refractivity contribution < 1.29 is 4.39 Å². The van der Waals surface area contributed by atoms with E-state index in [1.807, 2.05) is 6.92 Å². The van der Waals surface area contributed by atoms with Gasteiger partial charge in [-0.3, -0.25) is 0 Å². The van der Waals surface area contributed by atoms with Gasteiger partial charge >= 0.3 is 0 Å². The zero-order chi connectivity index (χ0) is 7.44. The average Bonchev–Trinajstić information content (AvgIpc) is 1.63. The number of alkyl halides is 1. The summed E-state index contributed by atoms with van der Waals surface area (Å²) in [5.74, 6) is 0.850. The Labute approximate surface area is 57.5 Å². The van der Waals surface area contributed by atoms with Crippen LogP contribution in [0.15, 0.2) is 0 Å². The van der Waals surface area contributed by atoms with Gasteiger partial charge in [0.1, 0.15) is 0 Å². The lowest BCUT2D eigenvalue weighted by Gasteiger charge is -2.14. The van der Waals surface area contributed by atoms with Crippen molar-refractivity contribution in [1.82, 2.24) is 0 Å². The van der Waals surface area contributed by atoms with Crippen LogP contribution in [0.3, 0.4) is 0 Å². The van der Waals surface area contributed by atoms with Crippen LogP contribution >= 0.6 is 0 Å². The Morgan fingerprint density at radius 1 is 1.11 bits per heavy atom. The Kier molecular flexibility index (Phi) is 3.83. The number of rotatable bonds is 3. The first-order chi connectivity index (χ1) is 4.04. The van der Waals surface area contributed by atoms with Gasteiger partial charge in [-0.05, 0) is 25.2 Å². The van der Waals surface area contributed by atoms with Crippen molar-refractivity contribution in [1.29, 1.82) is 0 Å². The van der Waals surface area contributed by atoms with E-state index in [1.165, 1.54) is 0 Å². The van der Waals surface area contributed by atoms with E-state index in [4.69, 9.17) is 0 Å². The summed E-state index contributed by atoms with van der Waals surface area (Å²) in [5, 5.41) is 0. The van der Waals surface area contributed by atoms with Crippen LogP contribution in [0, 0.1) is 11.8 Å². The molecule has 0 fully saturated rings. The molecule has 0 aromatic carbocycles. The normalized spacial score (nSPS) is 18.0. The molecular weight excluding hydrogens is 114 g/mol. The minimum Gasteiger partial charge on any atom is -0.248 e. The van der Waals surface area contributed by atoms with Gasteiger partial charge in [0.2, 0.25) is 0 Å². The fourth-order valence-corrected chi connectivity index (χ4v) is 0.931. The Morgan fingerprint density at radius 2 is 1.56 bits per heavy atom. The monoisotopic (exact) mass is 131 g/mol. The largest absolute Gasteiger partial charge is 0.248 e. The van der Waals surface area contributed by atoms with Crippen LogP contribution < -0.4 is 0 Å². The molecule has 56 valence electrons. The third-order valence-electron chi connectivity index (χ3n) is 1.63. The molecule has 0 bridgehead atoms. The van der Waals surface area contributed by atoms with Crippen LogP contribution in [0.2, 0.25) is 0 Å². The summed E-state index contributed by atoms with van der Waals surface area (Å²) in [7, 11) is 0. The first-order valence-corrected chi connectivity index (χ1v) is 3.68. The molecule has 0 aliphatic carbocycles. The summed E-state index contributed by atoms with van der Waals surface area (Å²) in [6, 6.07) is 0. The number of halogens is 1. The molecule has 0 saturated heterocycles. The van der Waals surface area contributed by atoms with Gasteiger partial charge in [0.15, 0.2) is 0 Å². The highest BCUT2D eigenvalue weighted by atomic mass is 18.2. The van der Waals surface area contributed by atoms with Gasteiger partial charge in [0.05, 0.1) is 6.17 Å². The molecule has 0 unspecified atom stereocenters. The molecule has 0 N–H and O–H groups in total. The molecular formula is C8H17F. The SMILES string of the molecule is CC(C)C[C@@H](C)[C@H](C)[18F]. The zero-order valence-electron chi connectivity index (χ0n) is 6.82. The minimum absolute atomic E-state index is 0.227. The zero-order valence-corrected chi connectivity index (χ0v) is 6.82. The van der Waals surface area contributed by atoms with Gasteiger partial charge in [0.25, 0.3) is 0 Å². The van der Waals surface area contributed by atoms with E-state index in [0.29, 0.717) is 5.92 Å². The van der Waals surface area contributed by atoms with Crippen molar-refractivity contribution in [2.75, 3.05) is 0 Å². The first-order valence-electron chi connectivity index (χ1n) is 3.68. The van der Waals surface area contributed by atoms with Crippen LogP contribution in [0.1, 0.15) is 34.1 Å². The molecule has 2 atom stereocenters. The molecule has 1 heteroatoms. The highest BCUT2D eigenvalue weighted by molar-refractivity contribution is 4.60. The Morgan fingerprint density at radius 3 is 1.67 bits per heavy atom. The lowest BCUT2D eigenvalue weighted by Crippen LogP contribution is -2.10. The second-order valence-corrected chi connectivity index (χ2v) is 3.28. The fourth-order valence-electron chi connectivity index (χ4n) is 0.931. The second kappa shape index (κ2) is 3.86. The summed E-state index contributed by atoms with van der Waals surface area (Å²) in [6.07, 6.45) is 0.352. The topological polar surface area (TPSA) is 0 Å². The van der Waals surface area contributed by atoms with E-state index in [9.17, 15) is 4.39 Å². The molecule has 0 amide bonds. The Hall–Kier alpha value is -0.0700. The molecule has 0 rings (SSSR count). The summed E-state index contributed by atoms with van der Waals surface area (Å²) in [4.78, 5) is 0. The summed E-state index contributed by atoms with van der Waals surface area (Å²) in [6.45, 7) is 7.84. The van der Waals surface area contributed by atoms with Crippen LogP contribution in [-0.2, 0) is 0 Å². The maximum absolute atomic E-state index is 12.5. The fraction of sp³-hybridized carbons (Fsp3) is 1.00. The Bertz CT molecular complexity index is 67.0. The van der Waals surface area contributed by atoms with Crippen LogP contribution in [0.5, 0.6) is 0 Å². The molecule has 0 nitrogen and oxygen atoms in total. The van der Waals surface area contributed by atoms with Gasteiger partial charge in [-0.25, -0.2) is 4.39 Å². The highest BCUT2D eigenvalue weighted by Gasteiger charge is 2.11. The maximum Gasteiger partial charge on any atom is 0.0999 e. The average molecular weight is 131 g/mol. The molecule has 9 heavy (non-hydrogen) atoms. The van der Waals surface area contributed by atoms with Crippen molar-refractivity contribution in [3.05, 3.63) is 0 Å². The summed E-state index contributed by atoms with van der Waals surface area (Å²) < 4.78 is 12.5. The molecule has 0 radical (unpaired) electrons. The van der Waals surface area contributed by atoms with E-state index in [-0.39, 0.29) is 5.92 Å². The summed E-state index contributed by atoms with van der Waals surface area (Å²) >= 11 is 0. The lowest BCUT2D eigenvalue weighted by molar-refractivity contribution is 0.235. The third kappa shape index (κ3) is 4.43. The second-order valence-electron chi connectivity index (χ2n) is 3.28. The van der Waals surface area contributed by atoms with Crippen LogP contribution in [0.4, 0.5) is 4.39 Å². The van der Waals surface area contributed by atoms with E-state index in [1.54, 1.807) is 6.92 Å². The lowest BCUT2D eigenvalue weighted by atomic mass is 9.95. The van der Waals surface area contributed by atoms with Crippen molar-refractivity contribution in [2.45, 2.75) is 40.3 Å². The standard InChI is InChI=1S/C8H17F/c1-6(2)5-7(3)8(4)9/h6-8H,5H2,1-4H3/t7-,8+/m1/s1/i9-1. The predicted octanol–water partition coefficient (Wildman–Crippen LogP) is 3.03. The van der Waals surface area contributed by atoms with Gasteiger partial charge in [-0.1, -0.05) is 20.8 Å². The Balaban J connectivity index is 3.38. The maximum atomic E-state index is 12.5. The smallest absolute Gasteiger partial charge is 0.0999 e. The van der Waals surface area contributed by atoms with Crippen LogP contribution in [-0.4, -0.2) is 6.17 Å².